The summed E-state index contributed by atoms with van der Waals surface area (Å²) < 4.78 is 35.9. The van der Waals surface area contributed by atoms with E-state index in [4.69, 9.17) is 5.73 Å². The quantitative estimate of drug-likeness (QED) is 0.548. The van der Waals surface area contributed by atoms with E-state index in [-0.39, 0.29) is 0 Å². The molecule has 0 spiro atoms. The monoisotopic (exact) mass is 208 g/mol. The van der Waals surface area contributed by atoms with Crippen molar-refractivity contribution in [2.45, 2.75) is 6.18 Å². The van der Waals surface area contributed by atoms with Gasteiger partial charge < -0.3 is 5.73 Å². The Bertz CT molecular complexity index is 378. The number of nitro groups is 1. The van der Waals surface area contributed by atoms with Crippen LogP contribution >= 0.6 is 0 Å². The van der Waals surface area contributed by atoms with Crippen LogP contribution in [0.15, 0.2) is 6.20 Å². The van der Waals surface area contributed by atoms with Crippen molar-refractivity contribution in [3.05, 3.63) is 22.1 Å². The van der Waals surface area contributed by atoms with Crippen LogP contribution in [0.5, 0.6) is 0 Å². The lowest BCUT2D eigenvalue weighted by atomic mass is 10.4. The van der Waals surface area contributed by atoms with Crippen molar-refractivity contribution in [3.63, 3.8) is 0 Å². The number of nitrogens with zero attached hydrogens (tertiary/aromatic N) is 3. The summed E-state index contributed by atoms with van der Waals surface area (Å²) in [6.45, 7) is 0. The molecule has 0 aliphatic heterocycles. The normalized spacial score (nSPS) is 11.4. The summed E-state index contributed by atoms with van der Waals surface area (Å²) in [7, 11) is 0. The summed E-state index contributed by atoms with van der Waals surface area (Å²) in [6, 6.07) is 0. The minimum Gasteiger partial charge on any atom is -0.378 e. The third kappa shape index (κ3) is 1.87. The summed E-state index contributed by atoms with van der Waals surface area (Å²) in [6.07, 6.45) is -4.34. The molecule has 0 aliphatic carbocycles. The summed E-state index contributed by atoms with van der Waals surface area (Å²) in [5, 5.41) is 10.1. The lowest BCUT2D eigenvalue weighted by molar-refractivity contribution is -0.384. The lowest BCUT2D eigenvalue weighted by Gasteiger charge is -2.04. The molecule has 0 saturated carbocycles. The second kappa shape index (κ2) is 3.09. The molecule has 0 atom stereocenters. The molecule has 0 unspecified atom stereocenters. The highest BCUT2D eigenvalue weighted by atomic mass is 19.4. The molecule has 9 heteroatoms. The number of nitrogen functional groups attached to an aromatic ring is 1. The van der Waals surface area contributed by atoms with E-state index in [0.717, 1.165) is 0 Å². The highest BCUT2D eigenvalue weighted by molar-refractivity contribution is 5.50. The molecule has 0 bridgehead atoms. The van der Waals surface area contributed by atoms with Gasteiger partial charge in [-0.3, -0.25) is 10.1 Å². The molecular weight excluding hydrogens is 205 g/mol. The number of nitrogens with two attached hydrogens (primary N) is 1. The standard InChI is InChI=1S/C5H3F3N4O2/c6-5(7,8)4-10-1-2(12(13)14)3(9)11-4/h1H,(H2,9,10,11). The van der Waals surface area contributed by atoms with Gasteiger partial charge in [0.2, 0.25) is 11.6 Å². The molecule has 2 N–H and O–H groups in total. The molecule has 0 fully saturated rings. The number of alkyl halides is 3. The third-order valence-electron chi connectivity index (χ3n) is 1.25. The largest absolute Gasteiger partial charge is 0.451 e. The lowest BCUT2D eigenvalue weighted by Crippen LogP contribution is -2.13. The smallest absolute Gasteiger partial charge is 0.378 e. The molecule has 0 radical (unpaired) electrons. The fraction of sp³-hybridized carbons (Fsp3) is 0.200. The predicted octanol–water partition coefficient (Wildman–Crippen LogP) is 0.986. The van der Waals surface area contributed by atoms with Crippen molar-refractivity contribution in [2.75, 3.05) is 5.73 Å². The Labute approximate surface area is 74.7 Å². The Morgan fingerprint density at radius 3 is 2.43 bits per heavy atom. The zero-order chi connectivity index (χ0) is 10.9. The number of hydrogen-bond acceptors (Lipinski definition) is 5. The molecule has 1 rings (SSSR count). The van der Waals surface area contributed by atoms with Gasteiger partial charge in [0, 0.05) is 0 Å². The molecular formula is C5H3F3N4O2. The summed E-state index contributed by atoms with van der Waals surface area (Å²) in [5.74, 6) is -2.31. The molecule has 1 aromatic rings. The van der Waals surface area contributed by atoms with Gasteiger partial charge in [-0.2, -0.15) is 13.2 Å². The average molecular weight is 208 g/mol. The first-order valence-electron chi connectivity index (χ1n) is 3.16. The summed E-state index contributed by atoms with van der Waals surface area (Å²) in [5.41, 5.74) is 4.17. The average Bonchev–Trinajstić information content (AvgIpc) is 2.01. The van der Waals surface area contributed by atoms with E-state index in [2.05, 4.69) is 9.97 Å². The summed E-state index contributed by atoms with van der Waals surface area (Å²) >= 11 is 0. The maximum atomic E-state index is 12.0. The maximum absolute atomic E-state index is 12.0. The Morgan fingerprint density at radius 1 is 1.50 bits per heavy atom. The highest BCUT2D eigenvalue weighted by Gasteiger charge is 2.36. The number of anilines is 1. The molecule has 14 heavy (non-hydrogen) atoms. The van der Waals surface area contributed by atoms with Gasteiger partial charge in [-0.1, -0.05) is 0 Å². The number of hydrogen-bond donors (Lipinski definition) is 1. The van der Waals surface area contributed by atoms with Gasteiger partial charge in [-0.25, -0.2) is 9.97 Å². The molecule has 6 nitrogen and oxygen atoms in total. The molecule has 0 amide bonds. The van der Waals surface area contributed by atoms with Gasteiger partial charge in [0.05, 0.1) is 4.92 Å². The van der Waals surface area contributed by atoms with Gasteiger partial charge in [0.1, 0.15) is 6.20 Å². The first kappa shape index (κ1) is 10.2. The van der Waals surface area contributed by atoms with Crippen LogP contribution in [0.3, 0.4) is 0 Å². The number of aromatic nitrogens is 2. The zero-order valence-electron chi connectivity index (χ0n) is 6.45. The summed E-state index contributed by atoms with van der Waals surface area (Å²) in [4.78, 5) is 14.7. The minimum absolute atomic E-state index is 0.422. The van der Waals surface area contributed by atoms with Crippen LogP contribution in [0.2, 0.25) is 0 Å². The minimum atomic E-state index is -4.76. The van der Waals surface area contributed by atoms with Crippen LogP contribution in [-0.4, -0.2) is 14.9 Å². The number of rotatable bonds is 1. The van der Waals surface area contributed by atoms with Crippen LogP contribution in [0.1, 0.15) is 5.82 Å². The second-order valence-corrected chi connectivity index (χ2v) is 2.22. The van der Waals surface area contributed by atoms with Crippen molar-refractivity contribution in [2.24, 2.45) is 0 Å². The SMILES string of the molecule is Nc1nc(C(F)(F)F)ncc1[N+](=O)[O-]. The van der Waals surface area contributed by atoms with E-state index >= 15 is 0 Å². The van der Waals surface area contributed by atoms with Gasteiger partial charge in [-0.05, 0) is 0 Å². The predicted molar refractivity (Wildman–Crippen MR) is 38.1 cm³/mol. The van der Waals surface area contributed by atoms with Crippen LogP contribution < -0.4 is 5.73 Å². The molecule has 76 valence electrons. The van der Waals surface area contributed by atoms with E-state index < -0.39 is 28.4 Å². The second-order valence-electron chi connectivity index (χ2n) is 2.22. The first-order valence-corrected chi connectivity index (χ1v) is 3.16. The van der Waals surface area contributed by atoms with E-state index in [0.29, 0.717) is 6.20 Å². The van der Waals surface area contributed by atoms with Crippen molar-refractivity contribution in [1.82, 2.24) is 9.97 Å². The Morgan fingerprint density at radius 2 is 2.07 bits per heavy atom. The highest BCUT2D eigenvalue weighted by Crippen LogP contribution is 2.28. The fourth-order valence-electron chi connectivity index (χ4n) is 0.666. The molecule has 1 heterocycles. The van der Waals surface area contributed by atoms with Crippen LogP contribution in [0.25, 0.3) is 0 Å². The van der Waals surface area contributed by atoms with Gasteiger partial charge in [0.15, 0.2) is 0 Å². The zero-order valence-corrected chi connectivity index (χ0v) is 6.45. The van der Waals surface area contributed by atoms with Gasteiger partial charge in [0.25, 0.3) is 0 Å². The van der Waals surface area contributed by atoms with Crippen molar-refractivity contribution >= 4 is 11.5 Å². The van der Waals surface area contributed by atoms with Crippen molar-refractivity contribution in [3.8, 4) is 0 Å². The van der Waals surface area contributed by atoms with E-state index in [1.165, 1.54) is 0 Å². The fourth-order valence-corrected chi connectivity index (χ4v) is 0.666. The van der Waals surface area contributed by atoms with Gasteiger partial charge in [-0.15, -0.1) is 0 Å². The molecule has 0 aliphatic rings. The third-order valence-corrected chi connectivity index (χ3v) is 1.25. The van der Waals surface area contributed by atoms with E-state index in [1.54, 1.807) is 0 Å². The topological polar surface area (TPSA) is 94.9 Å². The maximum Gasteiger partial charge on any atom is 0.451 e. The molecule has 0 saturated heterocycles. The van der Waals surface area contributed by atoms with Crippen LogP contribution in [0, 0.1) is 10.1 Å². The molecule has 1 aromatic heterocycles. The Hall–Kier alpha value is -1.93. The Balaban J connectivity index is 3.20. The van der Waals surface area contributed by atoms with Crippen molar-refractivity contribution in [1.29, 1.82) is 0 Å². The van der Waals surface area contributed by atoms with E-state index in [1.807, 2.05) is 0 Å². The van der Waals surface area contributed by atoms with E-state index in [9.17, 15) is 23.3 Å². The molecule has 0 aromatic carbocycles. The van der Waals surface area contributed by atoms with Crippen LogP contribution in [0.4, 0.5) is 24.7 Å². The number of halogens is 3. The van der Waals surface area contributed by atoms with Crippen molar-refractivity contribution < 1.29 is 18.1 Å². The Kier molecular flexibility index (Phi) is 2.24. The first-order chi connectivity index (χ1) is 6.32. The van der Waals surface area contributed by atoms with Crippen LogP contribution in [-0.2, 0) is 6.18 Å². The van der Waals surface area contributed by atoms with Gasteiger partial charge >= 0.3 is 11.9 Å².